The zero-order valence-electron chi connectivity index (χ0n) is 34.5. The number of aromatic nitrogens is 4. The van der Waals surface area contributed by atoms with Crippen LogP contribution < -0.4 is 16.0 Å². The summed E-state index contributed by atoms with van der Waals surface area (Å²) in [5, 5.41) is 24.3. The van der Waals surface area contributed by atoms with Crippen LogP contribution in [-0.4, -0.2) is 149 Å². The third-order valence-electron chi connectivity index (χ3n) is 12.0. The molecule has 332 valence electrons. The van der Waals surface area contributed by atoms with E-state index in [4.69, 9.17) is 4.74 Å². The fourth-order valence-electron chi connectivity index (χ4n) is 8.68. The molecule has 20 heteroatoms. The van der Waals surface area contributed by atoms with Crippen molar-refractivity contribution in [3.8, 4) is 11.3 Å². The third kappa shape index (κ3) is 10.1. The first-order valence-corrected chi connectivity index (χ1v) is 20.6. The molecule has 2 aromatic carbocycles. The van der Waals surface area contributed by atoms with Gasteiger partial charge in [-0.1, -0.05) is 0 Å². The van der Waals surface area contributed by atoms with Crippen molar-refractivity contribution in [2.75, 3.05) is 96.3 Å². The molecule has 0 atom stereocenters. The standard InChI is InChI=1S/C42H50F4N10O6/c1-25-17-29(4-5-31(25)41(61)55-12-10-54(11-13-55)40(60)27-7-14-56(15-8-27,24-35(57)58)23-26-20-47-21-26)51-39(59)38-49-22-30(50-38)18-33-36(52-53-37(33)42(44,45)46)32-6-3-28(19-34(32)43)48-9-16-62-2/h3-6,17,19,22,26-27,47H,7-16,18,20-21,23-24H2,1-2H3,(H4-,48,49,50,51,52,53,57,58,59,61)/p+1. The van der Waals surface area contributed by atoms with Crippen LogP contribution in [0.3, 0.4) is 0 Å². The van der Waals surface area contributed by atoms with Crippen LogP contribution in [0.4, 0.5) is 28.9 Å². The number of carboxylic acids is 1. The largest absolute Gasteiger partial charge is 0.477 e. The monoisotopic (exact) mass is 867 g/mol. The number of imidazole rings is 1. The number of likely N-dealkylation sites (tertiary alicyclic amines) is 1. The van der Waals surface area contributed by atoms with Gasteiger partial charge in [-0.15, -0.1) is 0 Å². The number of quaternary nitrogens is 1. The van der Waals surface area contributed by atoms with Crippen LogP contribution >= 0.6 is 0 Å². The average Bonchev–Trinajstić information content (AvgIpc) is 3.87. The molecule has 3 aliphatic rings. The predicted octanol–water partition coefficient (Wildman–Crippen LogP) is 3.98. The number of methoxy groups -OCH3 is 1. The molecule has 0 radical (unpaired) electrons. The van der Waals surface area contributed by atoms with E-state index >= 15 is 4.39 Å². The number of carbonyl (C=O) groups is 4. The number of piperazine rings is 1. The van der Waals surface area contributed by atoms with Gasteiger partial charge >= 0.3 is 12.1 Å². The van der Waals surface area contributed by atoms with Crippen LogP contribution in [0.5, 0.6) is 0 Å². The predicted molar refractivity (Wildman–Crippen MR) is 219 cm³/mol. The first-order chi connectivity index (χ1) is 29.6. The Hall–Kier alpha value is -5.86. The van der Waals surface area contributed by atoms with E-state index in [1.54, 1.807) is 34.9 Å². The summed E-state index contributed by atoms with van der Waals surface area (Å²) >= 11 is 0. The number of nitrogens with one attached hydrogen (secondary N) is 5. The van der Waals surface area contributed by atoms with Crippen LogP contribution in [0.1, 0.15) is 56.3 Å². The van der Waals surface area contributed by atoms with Gasteiger partial charge < -0.3 is 45.1 Å². The van der Waals surface area contributed by atoms with Crippen molar-refractivity contribution in [1.29, 1.82) is 0 Å². The van der Waals surface area contributed by atoms with E-state index in [1.165, 1.54) is 31.5 Å². The number of aliphatic carboxylic acids is 1. The summed E-state index contributed by atoms with van der Waals surface area (Å²) in [7, 11) is 1.52. The highest BCUT2D eigenvalue weighted by Crippen LogP contribution is 2.37. The molecule has 4 aromatic rings. The number of carbonyl (C=O) groups excluding carboxylic acids is 3. The molecule has 3 amide bonds. The average molecular weight is 868 g/mol. The number of ether oxygens (including phenoxy) is 1. The van der Waals surface area contributed by atoms with Gasteiger partial charge in [0.1, 0.15) is 5.82 Å². The molecule has 3 fully saturated rings. The van der Waals surface area contributed by atoms with Gasteiger partial charge in [-0.2, -0.15) is 18.3 Å². The highest BCUT2D eigenvalue weighted by molar-refractivity contribution is 6.02. The lowest BCUT2D eigenvalue weighted by atomic mass is 9.90. The number of halogens is 4. The van der Waals surface area contributed by atoms with Crippen LogP contribution in [0, 0.1) is 24.6 Å². The third-order valence-corrected chi connectivity index (χ3v) is 12.0. The molecule has 0 bridgehead atoms. The number of H-pyrrole nitrogens is 2. The summed E-state index contributed by atoms with van der Waals surface area (Å²) in [6.07, 6.45) is -2.77. The lowest BCUT2D eigenvalue weighted by Crippen LogP contribution is -2.62. The second-order valence-corrected chi connectivity index (χ2v) is 16.4. The number of rotatable bonds is 15. The van der Waals surface area contributed by atoms with E-state index in [1.807, 2.05) is 0 Å². The van der Waals surface area contributed by atoms with Crippen molar-refractivity contribution < 1.29 is 51.1 Å². The normalized spacial score (nSPS) is 19.5. The van der Waals surface area contributed by atoms with Gasteiger partial charge in [-0.25, -0.2) is 14.2 Å². The lowest BCUT2D eigenvalue weighted by Gasteiger charge is -2.46. The van der Waals surface area contributed by atoms with Gasteiger partial charge in [0.2, 0.25) is 5.91 Å². The Kier molecular flexibility index (Phi) is 13.3. The lowest BCUT2D eigenvalue weighted by molar-refractivity contribution is -0.929. The molecule has 5 heterocycles. The number of carboxylic acid groups (broad SMARTS) is 1. The van der Waals surface area contributed by atoms with Crippen molar-refractivity contribution in [2.45, 2.75) is 32.4 Å². The molecule has 0 unspecified atom stereocenters. The van der Waals surface area contributed by atoms with Gasteiger partial charge in [-0.05, 0) is 48.9 Å². The van der Waals surface area contributed by atoms with E-state index in [9.17, 15) is 37.5 Å². The van der Waals surface area contributed by atoms with E-state index in [2.05, 4.69) is 36.1 Å². The number of nitrogens with zero attached hydrogens (tertiary/aromatic N) is 5. The Morgan fingerprint density at radius 2 is 1.71 bits per heavy atom. The highest BCUT2D eigenvalue weighted by Gasteiger charge is 2.42. The highest BCUT2D eigenvalue weighted by atomic mass is 19.4. The first kappa shape index (κ1) is 44.2. The van der Waals surface area contributed by atoms with Crippen LogP contribution in [0.25, 0.3) is 11.3 Å². The van der Waals surface area contributed by atoms with Crippen molar-refractivity contribution in [3.63, 3.8) is 0 Å². The number of piperidine rings is 1. The minimum absolute atomic E-state index is 0.0524. The van der Waals surface area contributed by atoms with Gasteiger partial charge in [0, 0.05) is 124 Å². The summed E-state index contributed by atoms with van der Waals surface area (Å²) in [6.45, 7) is 7.95. The molecule has 3 saturated heterocycles. The number of anilines is 2. The van der Waals surface area contributed by atoms with Crippen LogP contribution in [0.15, 0.2) is 42.6 Å². The Morgan fingerprint density at radius 1 is 1.00 bits per heavy atom. The summed E-state index contributed by atoms with van der Waals surface area (Å²) in [5.41, 5.74) is 0.0785. The second-order valence-electron chi connectivity index (χ2n) is 16.4. The molecular weight excluding hydrogens is 817 g/mol. The number of benzene rings is 2. The molecule has 6 N–H and O–H groups in total. The van der Waals surface area contributed by atoms with Crippen molar-refractivity contribution in [2.24, 2.45) is 11.8 Å². The summed E-state index contributed by atoms with van der Waals surface area (Å²) < 4.78 is 62.9. The smallest absolute Gasteiger partial charge is 0.435 e. The first-order valence-electron chi connectivity index (χ1n) is 20.6. The van der Waals surface area contributed by atoms with Crippen LogP contribution in [0.2, 0.25) is 0 Å². The molecule has 7 rings (SSSR count). The van der Waals surface area contributed by atoms with Crippen molar-refractivity contribution in [3.05, 3.63) is 82.3 Å². The minimum atomic E-state index is -4.86. The molecule has 0 saturated carbocycles. The maximum atomic E-state index is 15.2. The zero-order chi connectivity index (χ0) is 44.2. The number of alkyl halides is 3. The van der Waals surface area contributed by atoms with Crippen molar-refractivity contribution in [1.82, 2.24) is 35.3 Å². The Labute approximate surface area is 355 Å². The number of aryl methyl sites for hydroxylation is 1. The maximum absolute atomic E-state index is 15.2. The zero-order valence-corrected chi connectivity index (χ0v) is 34.5. The molecule has 0 spiro atoms. The maximum Gasteiger partial charge on any atom is 0.435 e. The summed E-state index contributed by atoms with van der Waals surface area (Å²) in [4.78, 5) is 62.4. The number of amides is 3. The SMILES string of the molecule is COCCNc1ccc(-c2[nH]nc(C(F)(F)F)c2Cc2cnc(C(=O)Nc3ccc(C(=O)N4CCN(C(=O)C5CC[N+](CC(=O)O)(CC6CNC6)CC5)CC4)c(C)c3)[nH]2)c(F)c1. The van der Waals surface area contributed by atoms with Gasteiger partial charge in [0.25, 0.3) is 11.8 Å². The Balaban J connectivity index is 0.934. The van der Waals surface area contributed by atoms with E-state index in [-0.39, 0.29) is 52.6 Å². The topological polar surface area (TPSA) is 198 Å². The Morgan fingerprint density at radius 3 is 2.34 bits per heavy atom. The fraction of sp³-hybridized carbons (Fsp3) is 0.476. The van der Waals surface area contributed by atoms with Crippen molar-refractivity contribution >= 4 is 35.1 Å². The quantitative estimate of drug-likeness (QED) is 0.0578. The number of aromatic amines is 2. The number of hydrogen-bond acceptors (Lipinski definition) is 9. The van der Waals surface area contributed by atoms with E-state index < -0.39 is 36.0 Å². The number of hydrogen-bond donors (Lipinski definition) is 6. The molecular formula is C42H51F4N10O6+. The van der Waals surface area contributed by atoms with Gasteiger partial charge in [0.05, 0.1) is 31.9 Å². The Bertz CT molecular complexity index is 2280. The summed E-state index contributed by atoms with van der Waals surface area (Å²) in [5.74, 6) is -2.33. The van der Waals surface area contributed by atoms with Crippen LogP contribution in [-0.2, 0) is 26.9 Å². The van der Waals surface area contributed by atoms with E-state index in [0.717, 1.165) is 19.6 Å². The molecule has 3 aliphatic heterocycles. The molecule has 62 heavy (non-hydrogen) atoms. The van der Waals surface area contributed by atoms with Gasteiger partial charge in [-0.3, -0.25) is 19.5 Å². The summed E-state index contributed by atoms with van der Waals surface area (Å²) in [6, 6.07) is 8.84. The van der Waals surface area contributed by atoms with Gasteiger partial charge in [0.15, 0.2) is 18.1 Å². The van der Waals surface area contributed by atoms with E-state index in [0.29, 0.717) is 98.2 Å². The molecule has 0 aliphatic carbocycles. The minimum Gasteiger partial charge on any atom is -0.477 e. The second kappa shape index (κ2) is 18.6. The fourth-order valence-corrected chi connectivity index (χ4v) is 8.68. The molecule has 16 nitrogen and oxygen atoms in total. The molecule has 2 aromatic heterocycles.